The maximum atomic E-state index is 11.7. The fraction of sp³-hybridized carbons (Fsp3) is 0.429. The highest BCUT2D eigenvalue weighted by Crippen LogP contribution is 2.04. The number of carbonyl (C=O) groups is 2. The van der Waals surface area contributed by atoms with Crippen molar-refractivity contribution in [1.29, 1.82) is 0 Å². The summed E-state index contributed by atoms with van der Waals surface area (Å²) in [6.45, 7) is 2.16. The second kappa shape index (κ2) is 9.06. The summed E-state index contributed by atoms with van der Waals surface area (Å²) in [6.07, 6.45) is 0.711. The largest absolute Gasteiger partial charge is 0.478 e. The Kier molecular flexibility index (Phi) is 7.31. The van der Waals surface area contributed by atoms with Crippen molar-refractivity contribution in [3.05, 3.63) is 35.4 Å². The quantitative estimate of drug-likeness (QED) is 0.664. The van der Waals surface area contributed by atoms with Gasteiger partial charge < -0.3 is 19.9 Å². The third kappa shape index (κ3) is 5.81. The molecule has 0 aliphatic heterocycles. The molecule has 6 heteroatoms. The first-order valence-corrected chi connectivity index (χ1v) is 6.33. The Labute approximate surface area is 117 Å². The summed E-state index contributed by atoms with van der Waals surface area (Å²) in [5.74, 6) is -1.23. The maximum Gasteiger partial charge on any atom is 0.335 e. The molecule has 0 fully saturated rings. The van der Waals surface area contributed by atoms with Crippen LogP contribution in [0.1, 0.15) is 27.1 Å². The Morgan fingerprint density at radius 2 is 1.75 bits per heavy atom. The summed E-state index contributed by atoms with van der Waals surface area (Å²) < 4.78 is 10.1. The normalized spacial score (nSPS) is 10.2. The van der Waals surface area contributed by atoms with Crippen molar-refractivity contribution in [1.82, 2.24) is 5.32 Å². The van der Waals surface area contributed by atoms with Crippen molar-refractivity contribution < 1.29 is 24.2 Å². The Balaban J connectivity index is 2.24. The van der Waals surface area contributed by atoms with Gasteiger partial charge in [-0.15, -0.1) is 0 Å². The lowest BCUT2D eigenvalue weighted by Crippen LogP contribution is -2.25. The van der Waals surface area contributed by atoms with Crippen LogP contribution in [0.15, 0.2) is 24.3 Å². The average molecular weight is 281 g/mol. The summed E-state index contributed by atoms with van der Waals surface area (Å²) in [6, 6.07) is 5.80. The van der Waals surface area contributed by atoms with Gasteiger partial charge in [0.1, 0.15) is 0 Å². The van der Waals surface area contributed by atoms with Crippen LogP contribution in [0, 0.1) is 0 Å². The lowest BCUT2D eigenvalue weighted by molar-refractivity contribution is 0.0686. The lowest BCUT2D eigenvalue weighted by Gasteiger charge is -2.06. The number of methoxy groups -OCH3 is 1. The van der Waals surface area contributed by atoms with Crippen LogP contribution in [0.2, 0.25) is 0 Å². The standard InChI is InChI=1S/C14H19NO5/c1-19-9-10-20-8-2-7-15-13(16)11-3-5-12(6-4-11)14(17)18/h3-6H,2,7-10H2,1H3,(H,15,16)(H,17,18). The van der Waals surface area contributed by atoms with E-state index < -0.39 is 5.97 Å². The van der Waals surface area contributed by atoms with Crippen LogP contribution in [0.25, 0.3) is 0 Å². The van der Waals surface area contributed by atoms with Crippen molar-refractivity contribution in [2.45, 2.75) is 6.42 Å². The number of benzene rings is 1. The maximum absolute atomic E-state index is 11.7. The first-order chi connectivity index (χ1) is 9.65. The summed E-state index contributed by atoms with van der Waals surface area (Å²) in [4.78, 5) is 22.4. The molecular weight excluding hydrogens is 262 g/mol. The third-order valence-electron chi connectivity index (χ3n) is 2.58. The van der Waals surface area contributed by atoms with Crippen molar-refractivity contribution in [3.8, 4) is 0 Å². The minimum atomic E-state index is -1.01. The molecule has 0 heterocycles. The van der Waals surface area contributed by atoms with Gasteiger partial charge in [0.25, 0.3) is 5.91 Å². The van der Waals surface area contributed by atoms with Crippen LogP contribution in [-0.2, 0) is 9.47 Å². The average Bonchev–Trinajstić information content (AvgIpc) is 2.46. The SMILES string of the molecule is COCCOCCCNC(=O)c1ccc(C(=O)O)cc1. The third-order valence-corrected chi connectivity index (χ3v) is 2.58. The lowest BCUT2D eigenvalue weighted by atomic mass is 10.1. The molecule has 110 valence electrons. The van der Waals surface area contributed by atoms with Gasteiger partial charge in [0.05, 0.1) is 18.8 Å². The summed E-state index contributed by atoms with van der Waals surface area (Å²) >= 11 is 0. The Hall–Kier alpha value is -1.92. The van der Waals surface area contributed by atoms with Gasteiger partial charge in [-0.3, -0.25) is 4.79 Å². The smallest absolute Gasteiger partial charge is 0.335 e. The summed E-state index contributed by atoms with van der Waals surface area (Å²) in [5, 5.41) is 11.5. The molecule has 0 aliphatic rings. The van der Waals surface area contributed by atoms with Gasteiger partial charge in [-0.05, 0) is 30.7 Å². The van der Waals surface area contributed by atoms with E-state index in [4.69, 9.17) is 14.6 Å². The molecule has 0 aromatic heterocycles. The second-order valence-corrected chi connectivity index (χ2v) is 4.10. The van der Waals surface area contributed by atoms with Gasteiger partial charge in [0.2, 0.25) is 0 Å². The minimum Gasteiger partial charge on any atom is -0.478 e. The van der Waals surface area contributed by atoms with Crippen molar-refractivity contribution in [2.24, 2.45) is 0 Å². The number of nitrogens with one attached hydrogen (secondary N) is 1. The highest BCUT2D eigenvalue weighted by atomic mass is 16.5. The number of amides is 1. The summed E-state index contributed by atoms with van der Waals surface area (Å²) in [7, 11) is 1.61. The fourth-order valence-electron chi connectivity index (χ4n) is 1.49. The van der Waals surface area contributed by atoms with E-state index in [9.17, 15) is 9.59 Å². The Bertz CT molecular complexity index is 430. The first-order valence-electron chi connectivity index (χ1n) is 6.33. The number of rotatable bonds is 9. The van der Waals surface area contributed by atoms with E-state index >= 15 is 0 Å². The van der Waals surface area contributed by atoms with E-state index in [0.29, 0.717) is 38.3 Å². The molecule has 1 aromatic carbocycles. The van der Waals surface area contributed by atoms with E-state index in [1.54, 1.807) is 7.11 Å². The predicted molar refractivity (Wildman–Crippen MR) is 73.0 cm³/mol. The van der Waals surface area contributed by atoms with Gasteiger partial charge in [-0.1, -0.05) is 0 Å². The molecule has 2 N–H and O–H groups in total. The van der Waals surface area contributed by atoms with Gasteiger partial charge in [0, 0.05) is 25.8 Å². The highest BCUT2D eigenvalue weighted by Gasteiger charge is 2.07. The van der Waals surface area contributed by atoms with Crippen molar-refractivity contribution >= 4 is 11.9 Å². The fourth-order valence-corrected chi connectivity index (χ4v) is 1.49. The van der Waals surface area contributed by atoms with Gasteiger partial charge in [-0.25, -0.2) is 4.79 Å². The van der Waals surface area contributed by atoms with E-state index in [0.717, 1.165) is 0 Å². The summed E-state index contributed by atoms with van der Waals surface area (Å²) in [5.41, 5.74) is 0.600. The zero-order chi connectivity index (χ0) is 14.8. The van der Waals surface area contributed by atoms with Crippen LogP contribution in [-0.4, -0.2) is 50.5 Å². The van der Waals surface area contributed by atoms with Crippen LogP contribution in [0.4, 0.5) is 0 Å². The molecule has 0 aliphatic carbocycles. The molecule has 0 saturated carbocycles. The first kappa shape index (κ1) is 16.1. The van der Waals surface area contributed by atoms with Crippen molar-refractivity contribution in [3.63, 3.8) is 0 Å². The molecule has 0 unspecified atom stereocenters. The number of hydrogen-bond donors (Lipinski definition) is 2. The van der Waals surface area contributed by atoms with Crippen molar-refractivity contribution in [2.75, 3.05) is 33.5 Å². The molecule has 1 aromatic rings. The zero-order valence-electron chi connectivity index (χ0n) is 11.4. The molecular formula is C14H19NO5. The minimum absolute atomic E-state index is 0.160. The molecule has 0 saturated heterocycles. The molecule has 0 bridgehead atoms. The van der Waals surface area contributed by atoms with Gasteiger partial charge in [-0.2, -0.15) is 0 Å². The van der Waals surface area contributed by atoms with Crippen LogP contribution < -0.4 is 5.32 Å². The molecule has 0 atom stereocenters. The number of carboxylic acid groups (broad SMARTS) is 1. The number of carbonyl (C=O) groups excluding carboxylic acids is 1. The molecule has 6 nitrogen and oxygen atoms in total. The second-order valence-electron chi connectivity index (χ2n) is 4.10. The molecule has 0 radical (unpaired) electrons. The number of carboxylic acids is 1. The van der Waals surface area contributed by atoms with E-state index in [1.165, 1.54) is 24.3 Å². The molecule has 1 rings (SSSR count). The van der Waals surface area contributed by atoms with Crippen LogP contribution in [0.5, 0.6) is 0 Å². The number of hydrogen-bond acceptors (Lipinski definition) is 4. The van der Waals surface area contributed by atoms with E-state index in [2.05, 4.69) is 5.32 Å². The predicted octanol–water partition coefficient (Wildman–Crippen LogP) is 1.17. The van der Waals surface area contributed by atoms with Crippen LogP contribution in [0.3, 0.4) is 0 Å². The van der Waals surface area contributed by atoms with E-state index in [-0.39, 0.29) is 11.5 Å². The van der Waals surface area contributed by atoms with Gasteiger partial charge >= 0.3 is 5.97 Å². The molecule has 1 amide bonds. The highest BCUT2D eigenvalue weighted by molar-refractivity contribution is 5.95. The molecule has 0 spiro atoms. The topological polar surface area (TPSA) is 84.9 Å². The Morgan fingerprint density at radius 3 is 2.35 bits per heavy atom. The molecule has 20 heavy (non-hydrogen) atoms. The Morgan fingerprint density at radius 1 is 1.10 bits per heavy atom. The number of ether oxygens (including phenoxy) is 2. The van der Waals surface area contributed by atoms with Crippen LogP contribution >= 0.6 is 0 Å². The van der Waals surface area contributed by atoms with E-state index in [1.807, 2.05) is 0 Å². The van der Waals surface area contributed by atoms with Gasteiger partial charge in [0.15, 0.2) is 0 Å². The monoisotopic (exact) mass is 281 g/mol. The number of aromatic carboxylic acids is 1. The zero-order valence-corrected chi connectivity index (χ0v) is 11.4.